The Hall–Kier alpha value is -2.67. The van der Waals surface area contributed by atoms with Crippen molar-refractivity contribution in [2.24, 2.45) is 11.8 Å². The van der Waals surface area contributed by atoms with E-state index in [-0.39, 0.29) is 0 Å². The van der Waals surface area contributed by atoms with Crippen LogP contribution in [-0.2, 0) is 24.1 Å². The van der Waals surface area contributed by atoms with Crippen molar-refractivity contribution in [2.45, 2.75) is 29.6 Å². The van der Waals surface area contributed by atoms with E-state index in [1.54, 1.807) is 13.0 Å². The minimum Gasteiger partial charge on any atom is -0.324 e. The van der Waals surface area contributed by atoms with Crippen LogP contribution in [0.15, 0.2) is 71.2 Å². The lowest BCUT2D eigenvalue weighted by Crippen LogP contribution is -2.57. The highest BCUT2D eigenvalue weighted by molar-refractivity contribution is 9.10. The topological polar surface area (TPSA) is 66.5 Å². The smallest absolute Gasteiger partial charge is 0.247 e. The van der Waals surface area contributed by atoms with Crippen LogP contribution >= 0.6 is 39.1 Å². The van der Waals surface area contributed by atoms with E-state index in [4.69, 9.17) is 23.2 Å². The van der Waals surface area contributed by atoms with Crippen LogP contribution in [-0.4, -0.2) is 28.7 Å². The summed E-state index contributed by atoms with van der Waals surface area (Å²) in [4.78, 5) is 39.8. The van der Waals surface area contributed by atoms with Crippen LogP contribution in [0.3, 0.4) is 0 Å². The van der Waals surface area contributed by atoms with E-state index < -0.39 is 45.3 Å². The summed E-state index contributed by atoms with van der Waals surface area (Å²) in [5, 5.41) is 2.86. The minimum absolute atomic E-state index is 0.463. The number of rotatable bonds is 3. The van der Waals surface area contributed by atoms with Gasteiger partial charge in [-0.15, -0.1) is 23.2 Å². The van der Waals surface area contributed by atoms with Crippen molar-refractivity contribution in [3.05, 3.63) is 99.0 Å². The Balaban J connectivity index is 1.44. The van der Waals surface area contributed by atoms with Crippen LogP contribution in [0.5, 0.6) is 0 Å². The van der Waals surface area contributed by atoms with Gasteiger partial charge in [0, 0.05) is 10.2 Å². The Bertz CT molecular complexity index is 1370. The zero-order chi connectivity index (χ0) is 25.6. The molecular weight excluding hydrogens is 563 g/mol. The van der Waals surface area contributed by atoms with Gasteiger partial charge in [0.25, 0.3) is 0 Å². The maximum Gasteiger partial charge on any atom is 0.247 e. The summed E-state index contributed by atoms with van der Waals surface area (Å²) in [6.45, 7) is 3.42. The van der Waals surface area contributed by atoms with Gasteiger partial charge in [-0.3, -0.25) is 19.3 Å². The van der Waals surface area contributed by atoms with Crippen molar-refractivity contribution in [2.75, 3.05) is 5.32 Å². The van der Waals surface area contributed by atoms with Gasteiger partial charge >= 0.3 is 0 Å². The molecule has 3 aromatic rings. The first kappa shape index (κ1) is 23.7. The second-order valence-corrected chi connectivity index (χ2v) is 11.7. The standard InChI is InChI=1S/C28H21BrCl2N2O3/c1-14-13-16(29)11-12-21(14)32-24(34)15(2)33-25(35)22-23(26(33)36)28(31)18-8-4-3-7-17(18)27(22,30)19-9-5-6-10-20(19)28/h3-13,15,22-23H,1-2H3,(H,32,34)/t15-,22-,23-,27?,28?/m0/s1. The summed E-state index contributed by atoms with van der Waals surface area (Å²) in [6.07, 6.45) is 0. The maximum atomic E-state index is 14.0. The number of carbonyl (C=O) groups excluding carboxylic acids is 3. The first-order valence-corrected chi connectivity index (χ1v) is 13.2. The molecular formula is C28H21BrCl2N2O3. The highest BCUT2D eigenvalue weighted by atomic mass is 79.9. The summed E-state index contributed by atoms with van der Waals surface area (Å²) in [5.74, 6) is -3.29. The fraction of sp³-hybridized carbons (Fsp3) is 0.250. The van der Waals surface area contributed by atoms with Gasteiger partial charge in [-0.1, -0.05) is 64.5 Å². The number of hydrogen-bond donors (Lipinski definition) is 1. The molecule has 3 atom stereocenters. The molecule has 1 heterocycles. The van der Waals surface area contributed by atoms with Crippen LogP contribution in [0.4, 0.5) is 5.69 Å². The van der Waals surface area contributed by atoms with Crippen molar-refractivity contribution in [3.8, 4) is 0 Å². The Labute approximate surface area is 226 Å². The third-order valence-corrected chi connectivity index (χ3v) is 9.61. The molecule has 0 saturated carbocycles. The van der Waals surface area contributed by atoms with Gasteiger partial charge in [0.05, 0.1) is 11.8 Å². The number of likely N-dealkylation sites (tertiary alicyclic amines) is 1. The van der Waals surface area contributed by atoms with E-state index in [1.165, 1.54) is 0 Å². The predicted molar refractivity (Wildman–Crippen MR) is 142 cm³/mol. The molecule has 0 unspecified atom stereocenters. The largest absolute Gasteiger partial charge is 0.324 e. The number of halogens is 3. The number of imide groups is 1. The lowest BCUT2D eigenvalue weighted by atomic mass is 9.54. The number of benzene rings is 3. The molecule has 3 aromatic carbocycles. The molecule has 0 spiro atoms. The molecule has 5 nitrogen and oxygen atoms in total. The molecule has 36 heavy (non-hydrogen) atoms. The molecule has 2 bridgehead atoms. The number of nitrogens with zero attached hydrogens (tertiary/aromatic N) is 1. The van der Waals surface area contributed by atoms with Gasteiger partial charge in [0.2, 0.25) is 17.7 Å². The van der Waals surface area contributed by atoms with Gasteiger partial charge in [0.1, 0.15) is 15.8 Å². The van der Waals surface area contributed by atoms with Crippen LogP contribution in [0.1, 0.15) is 34.7 Å². The molecule has 0 aromatic heterocycles. The molecule has 7 rings (SSSR count). The number of hydrogen-bond acceptors (Lipinski definition) is 3. The maximum absolute atomic E-state index is 14.0. The number of amides is 3. The minimum atomic E-state index is -1.27. The Morgan fingerprint density at radius 2 is 1.33 bits per heavy atom. The molecule has 3 aliphatic carbocycles. The molecule has 1 aliphatic heterocycles. The highest BCUT2D eigenvalue weighted by Gasteiger charge is 2.73. The average molecular weight is 584 g/mol. The normalized spacial score (nSPS) is 28.4. The second kappa shape index (κ2) is 7.91. The van der Waals surface area contributed by atoms with Crippen LogP contribution in [0.2, 0.25) is 0 Å². The Kier molecular flexibility index (Phi) is 5.21. The number of nitrogens with one attached hydrogen (secondary N) is 1. The summed E-state index contributed by atoms with van der Waals surface area (Å²) in [7, 11) is 0. The molecule has 1 N–H and O–H groups in total. The molecule has 4 aliphatic rings. The Morgan fingerprint density at radius 1 is 0.889 bits per heavy atom. The van der Waals surface area contributed by atoms with Crippen LogP contribution in [0.25, 0.3) is 0 Å². The zero-order valence-electron chi connectivity index (χ0n) is 19.4. The van der Waals surface area contributed by atoms with Crippen molar-refractivity contribution in [3.63, 3.8) is 0 Å². The van der Waals surface area contributed by atoms with E-state index in [9.17, 15) is 14.4 Å². The van der Waals surface area contributed by atoms with Gasteiger partial charge in [-0.2, -0.15) is 0 Å². The number of anilines is 1. The van der Waals surface area contributed by atoms with E-state index in [1.807, 2.05) is 67.6 Å². The van der Waals surface area contributed by atoms with Gasteiger partial charge in [0.15, 0.2) is 0 Å². The summed E-state index contributed by atoms with van der Waals surface area (Å²) < 4.78 is 0.884. The van der Waals surface area contributed by atoms with E-state index >= 15 is 0 Å². The number of alkyl halides is 2. The molecule has 8 heteroatoms. The highest BCUT2D eigenvalue weighted by Crippen LogP contribution is 2.69. The van der Waals surface area contributed by atoms with Crippen LogP contribution < -0.4 is 5.32 Å². The van der Waals surface area contributed by atoms with E-state index in [2.05, 4.69) is 21.2 Å². The monoisotopic (exact) mass is 582 g/mol. The first-order chi connectivity index (χ1) is 17.1. The summed E-state index contributed by atoms with van der Waals surface area (Å²) in [6, 6.07) is 19.3. The van der Waals surface area contributed by atoms with Gasteiger partial charge in [-0.05, 0) is 59.9 Å². The average Bonchev–Trinajstić information content (AvgIpc) is 3.14. The van der Waals surface area contributed by atoms with Crippen molar-refractivity contribution in [1.82, 2.24) is 4.90 Å². The summed E-state index contributed by atoms with van der Waals surface area (Å²) >= 11 is 18.3. The fourth-order valence-corrected chi connectivity index (χ4v) is 7.77. The third-order valence-electron chi connectivity index (χ3n) is 7.83. The third kappa shape index (κ3) is 2.86. The number of aryl methyl sites for hydroxylation is 1. The summed E-state index contributed by atoms with van der Waals surface area (Å²) in [5.41, 5.74) is 4.37. The van der Waals surface area contributed by atoms with Gasteiger partial charge in [-0.25, -0.2) is 0 Å². The molecule has 1 saturated heterocycles. The number of carbonyl (C=O) groups is 3. The first-order valence-electron chi connectivity index (χ1n) is 11.6. The zero-order valence-corrected chi connectivity index (χ0v) is 22.5. The second-order valence-electron chi connectivity index (χ2n) is 9.64. The molecule has 3 amide bonds. The lowest BCUT2D eigenvalue weighted by Gasteiger charge is -2.54. The molecule has 1 fully saturated rings. The van der Waals surface area contributed by atoms with Crippen LogP contribution in [0, 0.1) is 18.8 Å². The van der Waals surface area contributed by atoms with E-state index in [0.717, 1.165) is 37.2 Å². The molecule has 0 radical (unpaired) electrons. The van der Waals surface area contributed by atoms with E-state index in [0.29, 0.717) is 5.69 Å². The van der Waals surface area contributed by atoms with Crippen molar-refractivity contribution in [1.29, 1.82) is 0 Å². The SMILES string of the molecule is Cc1cc(Br)ccc1NC(=O)[C@H](C)N1C(=O)[C@@H]2[C@@H](C1=O)C1(Cl)c3ccccc3C2(Cl)c2ccccc21. The van der Waals surface area contributed by atoms with Crippen molar-refractivity contribution >= 4 is 62.5 Å². The quantitative estimate of drug-likeness (QED) is 0.319. The van der Waals surface area contributed by atoms with Gasteiger partial charge < -0.3 is 5.32 Å². The molecule has 182 valence electrons. The van der Waals surface area contributed by atoms with Crippen molar-refractivity contribution < 1.29 is 14.4 Å². The Morgan fingerprint density at radius 3 is 1.75 bits per heavy atom. The lowest BCUT2D eigenvalue weighted by molar-refractivity contribution is -0.146. The fourth-order valence-electron chi connectivity index (χ4n) is 6.19. The predicted octanol–water partition coefficient (Wildman–Crippen LogP) is 5.68.